The van der Waals surface area contributed by atoms with Crippen LogP contribution in [0, 0.1) is 0 Å². The molecule has 0 atom stereocenters. The third kappa shape index (κ3) is 3.58. The Morgan fingerprint density at radius 2 is 1.89 bits per heavy atom. The number of nitrogens with zero attached hydrogens (tertiary/aromatic N) is 2. The Bertz CT molecular complexity index is 456. The van der Waals surface area contributed by atoms with E-state index in [-0.39, 0.29) is 0 Å². The van der Waals surface area contributed by atoms with Crippen LogP contribution in [0.2, 0.25) is 0 Å². The molecule has 0 bridgehead atoms. The van der Waals surface area contributed by atoms with Gasteiger partial charge in [0.25, 0.3) is 0 Å². The highest BCUT2D eigenvalue weighted by molar-refractivity contribution is 5.99. The summed E-state index contributed by atoms with van der Waals surface area (Å²) in [6.45, 7) is 10.1. The average molecular weight is 258 g/mol. The van der Waals surface area contributed by atoms with E-state index in [1.165, 1.54) is 5.69 Å². The molecule has 1 aromatic carbocycles. The van der Waals surface area contributed by atoms with Crippen LogP contribution < -0.4 is 15.5 Å². The van der Waals surface area contributed by atoms with Crippen molar-refractivity contribution in [2.45, 2.75) is 6.92 Å². The number of anilines is 1. The van der Waals surface area contributed by atoms with Gasteiger partial charge in [0.2, 0.25) is 0 Å². The first-order chi connectivity index (χ1) is 9.20. The van der Waals surface area contributed by atoms with Crippen LogP contribution in [0.1, 0.15) is 12.5 Å². The van der Waals surface area contributed by atoms with Crippen molar-refractivity contribution in [1.29, 1.82) is 0 Å². The molecule has 1 fully saturated rings. The fourth-order valence-electron chi connectivity index (χ4n) is 2.16. The van der Waals surface area contributed by atoms with Crippen LogP contribution in [0.25, 0.3) is 0 Å². The smallest absolute Gasteiger partial charge is 0.118 e. The number of hydrogen-bond donors (Lipinski definition) is 2. The van der Waals surface area contributed by atoms with Crippen LogP contribution in [0.4, 0.5) is 5.69 Å². The van der Waals surface area contributed by atoms with Crippen LogP contribution in [0.5, 0.6) is 0 Å². The van der Waals surface area contributed by atoms with Gasteiger partial charge in [-0.2, -0.15) is 0 Å². The van der Waals surface area contributed by atoms with Crippen molar-refractivity contribution in [2.75, 3.05) is 38.1 Å². The van der Waals surface area contributed by atoms with Crippen LogP contribution in [0.3, 0.4) is 0 Å². The van der Waals surface area contributed by atoms with Gasteiger partial charge in [-0.05, 0) is 24.6 Å². The summed E-state index contributed by atoms with van der Waals surface area (Å²) >= 11 is 0. The van der Waals surface area contributed by atoms with Gasteiger partial charge in [0.15, 0.2) is 0 Å². The molecule has 0 aliphatic carbocycles. The molecule has 0 aromatic heterocycles. The predicted molar refractivity (Wildman–Crippen MR) is 81.9 cm³/mol. The van der Waals surface area contributed by atoms with E-state index in [0.29, 0.717) is 5.82 Å². The summed E-state index contributed by atoms with van der Waals surface area (Å²) in [6.07, 6.45) is 0. The molecule has 1 aliphatic rings. The van der Waals surface area contributed by atoms with Gasteiger partial charge in [0.05, 0.1) is 0 Å². The van der Waals surface area contributed by atoms with E-state index in [1.54, 1.807) is 0 Å². The third-order valence-electron chi connectivity index (χ3n) is 3.36. The SMILES string of the molecule is C=C(/N=C(\C)c1ccc(N2CCNCC2)cc1)NC. The molecule has 0 amide bonds. The number of rotatable bonds is 4. The minimum atomic E-state index is 0.684. The minimum Gasteiger partial charge on any atom is -0.374 e. The molecule has 2 rings (SSSR count). The molecule has 1 heterocycles. The zero-order valence-corrected chi connectivity index (χ0v) is 11.7. The van der Waals surface area contributed by atoms with Crippen molar-refractivity contribution in [3.63, 3.8) is 0 Å². The Kier molecular flexibility index (Phi) is 4.58. The standard InChI is InChI=1S/C15H22N4/c1-12(18-13(2)16-3)14-4-6-15(7-5-14)19-10-8-17-9-11-19/h4-7,16-17H,2,8-11H2,1,3H3/b18-12+. The van der Waals surface area contributed by atoms with Crippen LogP contribution in [0.15, 0.2) is 41.7 Å². The van der Waals surface area contributed by atoms with E-state index in [4.69, 9.17) is 0 Å². The second-order valence-electron chi connectivity index (χ2n) is 4.68. The van der Waals surface area contributed by atoms with E-state index in [9.17, 15) is 0 Å². The Hall–Kier alpha value is -1.81. The van der Waals surface area contributed by atoms with Crippen molar-refractivity contribution >= 4 is 11.4 Å². The molecule has 0 unspecified atom stereocenters. The van der Waals surface area contributed by atoms with Crippen LogP contribution in [-0.4, -0.2) is 38.9 Å². The quantitative estimate of drug-likeness (QED) is 0.806. The monoisotopic (exact) mass is 258 g/mol. The first-order valence-corrected chi connectivity index (χ1v) is 6.69. The van der Waals surface area contributed by atoms with Gasteiger partial charge < -0.3 is 15.5 Å². The normalized spacial score (nSPS) is 16.3. The third-order valence-corrected chi connectivity index (χ3v) is 3.36. The topological polar surface area (TPSA) is 39.7 Å². The molecule has 0 spiro atoms. The Morgan fingerprint density at radius 3 is 2.47 bits per heavy atom. The second-order valence-corrected chi connectivity index (χ2v) is 4.68. The molecular formula is C15H22N4. The summed E-state index contributed by atoms with van der Waals surface area (Å²) in [5.74, 6) is 0.684. The summed E-state index contributed by atoms with van der Waals surface area (Å²) < 4.78 is 0. The predicted octanol–water partition coefficient (Wildman–Crippen LogP) is 1.60. The fraction of sp³-hybridized carbons (Fsp3) is 0.400. The van der Waals surface area contributed by atoms with Crippen molar-refractivity contribution in [2.24, 2.45) is 4.99 Å². The minimum absolute atomic E-state index is 0.684. The van der Waals surface area contributed by atoms with Gasteiger partial charge in [-0.15, -0.1) is 0 Å². The molecule has 102 valence electrons. The lowest BCUT2D eigenvalue weighted by molar-refractivity contribution is 0.589. The zero-order chi connectivity index (χ0) is 13.7. The van der Waals surface area contributed by atoms with E-state index in [0.717, 1.165) is 37.5 Å². The lowest BCUT2D eigenvalue weighted by Gasteiger charge is -2.29. The second kappa shape index (κ2) is 6.38. The van der Waals surface area contributed by atoms with E-state index < -0.39 is 0 Å². The molecule has 4 nitrogen and oxygen atoms in total. The first-order valence-electron chi connectivity index (χ1n) is 6.69. The van der Waals surface area contributed by atoms with Crippen molar-refractivity contribution in [3.05, 3.63) is 42.2 Å². The van der Waals surface area contributed by atoms with Gasteiger partial charge in [-0.25, -0.2) is 4.99 Å². The van der Waals surface area contributed by atoms with Gasteiger partial charge >= 0.3 is 0 Å². The van der Waals surface area contributed by atoms with Gasteiger partial charge in [0.1, 0.15) is 5.82 Å². The Labute approximate surface area is 115 Å². The molecule has 19 heavy (non-hydrogen) atoms. The molecule has 1 aromatic rings. The van der Waals surface area contributed by atoms with Gasteiger partial charge in [-0.1, -0.05) is 18.7 Å². The Morgan fingerprint density at radius 1 is 1.26 bits per heavy atom. The van der Waals surface area contributed by atoms with E-state index in [1.807, 2.05) is 14.0 Å². The average Bonchev–Trinajstić information content (AvgIpc) is 2.48. The van der Waals surface area contributed by atoms with Gasteiger partial charge in [0, 0.05) is 44.6 Å². The highest BCUT2D eigenvalue weighted by Crippen LogP contribution is 2.16. The maximum absolute atomic E-state index is 4.40. The fourth-order valence-corrected chi connectivity index (χ4v) is 2.16. The van der Waals surface area contributed by atoms with E-state index >= 15 is 0 Å². The molecular weight excluding hydrogens is 236 g/mol. The summed E-state index contributed by atoms with van der Waals surface area (Å²) in [5.41, 5.74) is 3.40. The summed E-state index contributed by atoms with van der Waals surface area (Å²) in [4.78, 5) is 6.80. The highest BCUT2D eigenvalue weighted by atomic mass is 15.2. The molecule has 2 N–H and O–H groups in total. The number of piperazine rings is 1. The van der Waals surface area contributed by atoms with Crippen molar-refractivity contribution in [1.82, 2.24) is 10.6 Å². The molecule has 4 heteroatoms. The van der Waals surface area contributed by atoms with Crippen LogP contribution in [-0.2, 0) is 0 Å². The highest BCUT2D eigenvalue weighted by Gasteiger charge is 2.10. The molecule has 0 radical (unpaired) electrons. The number of hydrogen-bond acceptors (Lipinski definition) is 4. The maximum atomic E-state index is 4.40. The van der Waals surface area contributed by atoms with E-state index in [2.05, 4.69) is 51.4 Å². The van der Waals surface area contributed by atoms with Gasteiger partial charge in [-0.3, -0.25) is 0 Å². The van der Waals surface area contributed by atoms with Crippen molar-refractivity contribution < 1.29 is 0 Å². The number of aliphatic imine (C=N–C) groups is 1. The number of benzene rings is 1. The lowest BCUT2D eigenvalue weighted by atomic mass is 10.1. The summed E-state index contributed by atoms with van der Waals surface area (Å²) in [5, 5.41) is 6.30. The van der Waals surface area contributed by atoms with Crippen molar-refractivity contribution in [3.8, 4) is 0 Å². The summed E-state index contributed by atoms with van der Waals surface area (Å²) in [6, 6.07) is 8.59. The largest absolute Gasteiger partial charge is 0.374 e. The number of nitrogens with one attached hydrogen (secondary N) is 2. The molecule has 1 aliphatic heterocycles. The molecule has 1 saturated heterocycles. The van der Waals surface area contributed by atoms with Crippen LogP contribution >= 0.6 is 0 Å². The Balaban J connectivity index is 2.09. The zero-order valence-electron chi connectivity index (χ0n) is 11.7. The molecule has 0 saturated carbocycles. The summed E-state index contributed by atoms with van der Waals surface area (Å²) in [7, 11) is 1.83. The first kappa shape index (κ1) is 13.6. The lowest BCUT2D eigenvalue weighted by Crippen LogP contribution is -2.43. The maximum Gasteiger partial charge on any atom is 0.118 e.